The van der Waals surface area contributed by atoms with Crippen LogP contribution in [0.1, 0.15) is 21.6 Å². The predicted octanol–water partition coefficient (Wildman–Crippen LogP) is 3.41. The summed E-state index contributed by atoms with van der Waals surface area (Å²) < 4.78 is 5.15. The molecule has 3 aromatic rings. The summed E-state index contributed by atoms with van der Waals surface area (Å²) in [7, 11) is 1.59. The number of ether oxygens (including phenoxy) is 1. The van der Waals surface area contributed by atoms with Crippen molar-refractivity contribution >= 4 is 16.8 Å². The number of nitrogens with one attached hydrogen (secondary N) is 2. The van der Waals surface area contributed by atoms with Gasteiger partial charge >= 0.3 is 0 Å². The van der Waals surface area contributed by atoms with Crippen molar-refractivity contribution in [2.45, 2.75) is 13.5 Å². The lowest BCUT2D eigenvalue weighted by atomic mass is 10.1. The van der Waals surface area contributed by atoms with Gasteiger partial charge in [-0.3, -0.25) is 4.79 Å². The highest BCUT2D eigenvalue weighted by atomic mass is 16.5. The predicted molar refractivity (Wildman–Crippen MR) is 87.2 cm³/mol. The van der Waals surface area contributed by atoms with E-state index in [1.807, 2.05) is 37.3 Å². The Hall–Kier alpha value is -2.75. The normalized spacial score (nSPS) is 10.6. The first-order valence-electron chi connectivity index (χ1n) is 7.17. The number of aryl methyl sites for hydroxylation is 1. The van der Waals surface area contributed by atoms with Crippen LogP contribution in [-0.4, -0.2) is 18.0 Å². The maximum atomic E-state index is 12.3. The molecule has 0 saturated heterocycles. The van der Waals surface area contributed by atoms with Crippen LogP contribution in [0.4, 0.5) is 0 Å². The molecule has 0 bridgehead atoms. The molecule has 0 aliphatic rings. The molecule has 2 N–H and O–H groups in total. The lowest BCUT2D eigenvalue weighted by Crippen LogP contribution is -2.23. The SMILES string of the molecule is COc1cccc(C(=O)NCc2c(C)[nH]c3ccccc23)c1. The molecule has 0 spiro atoms. The van der Waals surface area contributed by atoms with Gasteiger partial charge in [-0.2, -0.15) is 0 Å². The third-order valence-corrected chi connectivity index (χ3v) is 3.78. The number of aromatic amines is 1. The molecule has 1 heterocycles. The van der Waals surface area contributed by atoms with Crippen LogP contribution in [0.3, 0.4) is 0 Å². The van der Waals surface area contributed by atoms with Gasteiger partial charge in [0.15, 0.2) is 0 Å². The van der Waals surface area contributed by atoms with Crippen LogP contribution >= 0.6 is 0 Å². The average Bonchev–Trinajstić information content (AvgIpc) is 2.88. The van der Waals surface area contributed by atoms with Crippen LogP contribution in [-0.2, 0) is 6.54 Å². The Bertz CT molecular complexity index is 821. The highest BCUT2D eigenvalue weighted by Gasteiger charge is 2.11. The van der Waals surface area contributed by atoms with Crippen LogP contribution in [0.15, 0.2) is 48.5 Å². The molecule has 0 aliphatic carbocycles. The molecule has 4 heteroatoms. The Kier molecular flexibility index (Phi) is 3.83. The molecule has 22 heavy (non-hydrogen) atoms. The van der Waals surface area contributed by atoms with Gasteiger partial charge in [0.2, 0.25) is 0 Å². The number of aromatic nitrogens is 1. The van der Waals surface area contributed by atoms with Crippen molar-refractivity contribution in [2.24, 2.45) is 0 Å². The summed E-state index contributed by atoms with van der Waals surface area (Å²) in [6, 6.07) is 15.2. The minimum atomic E-state index is -0.108. The number of carbonyl (C=O) groups is 1. The Labute approximate surface area is 129 Å². The van der Waals surface area contributed by atoms with Crippen LogP contribution < -0.4 is 10.1 Å². The summed E-state index contributed by atoms with van der Waals surface area (Å²) in [5.41, 5.74) is 3.88. The van der Waals surface area contributed by atoms with Gasteiger partial charge in [-0.25, -0.2) is 0 Å². The first kappa shape index (κ1) is 14.2. The third kappa shape index (κ3) is 2.68. The number of hydrogen-bond donors (Lipinski definition) is 2. The second kappa shape index (κ2) is 5.93. The van der Waals surface area contributed by atoms with Gasteiger partial charge in [0.05, 0.1) is 7.11 Å². The summed E-state index contributed by atoms with van der Waals surface area (Å²) in [6.45, 7) is 2.51. The van der Waals surface area contributed by atoms with Crippen molar-refractivity contribution in [1.29, 1.82) is 0 Å². The standard InChI is InChI=1S/C18H18N2O2/c1-12-16(15-8-3-4-9-17(15)20-12)11-19-18(21)13-6-5-7-14(10-13)22-2/h3-10,20H,11H2,1-2H3,(H,19,21). The van der Waals surface area contributed by atoms with E-state index >= 15 is 0 Å². The van der Waals surface area contributed by atoms with E-state index in [0.29, 0.717) is 17.9 Å². The molecule has 2 aromatic carbocycles. The fraction of sp³-hybridized carbons (Fsp3) is 0.167. The van der Waals surface area contributed by atoms with Crippen molar-refractivity contribution < 1.29 is 9.53 Å². The zero-order valence-corrected chi connectivity index (χ0v) is 12.6. The summed E-state index contributed by atoms with van der Waals surface area (Å²) in [5.74, 6) is 0.569. The number of methoxy groups -OCH3 is 1. The van der Waals surface area contributed by atoms with Gasteiger partial charge in [0, 0.05) is 28.7 Å². The van der Waals surface area contributed by atoms with Gasteiger partial charge in [-0.15, -0.1) is 0 Å². The molecule has 0 atom stereocenters. The molecule has 0 saturated carbocycles. The van der Waals surface area contributed by atoms with Gasteiger partial charge in [-0.05, 0) is 36.8 Å². The molecule has 0 radical (unpaired) electrons. The van der Waals surface area contributed by atoms with E-state index in [4.69, 9.17) is 4.74 Å². The van der Waals surface area contributed by atoms with E-state index in [9.17, 15) is 4.79 Å². The number of H-pyrrole nitrogens is 1. The maximum absolute atomic E-state index is 12.3. The largest absolute Gasteiger partial charge is 0.497 e. The molecular formula is C18H18N2O2. The number of para-hydroxylation sites is 1. The van der Waals surface area contributed by atoms with Crippen molar-refractivity contribution in [3.8, 4) is 5.75 Å². The van der Waals surface area contributed by atoms with Gasteiger partial charge < -0.3 is 15.0 Å². The second-order valence-electron chi connectivity index (χ2n) is 5.19. The molecule has 0 aliphatic heterocycles. The summed E-state index contributed by atoms with van der Waals surface area (Å²) >= 11 is 0. The van der Waals surface area contributed by atoms with E-state index in [0.717, 1.165) is 22.2 Å². The first-order chi connectivity index (χ1) is 10.7. The van der Waals surface area contributed by atoms with Gasteiger partial charge in [-0.1, -0.05) is 24.3 Å². The van der Waals surface area contributed by atoms with Crippen molar-refractivity contribution in [3.63, 3.8) is 0 Å². The Balaban J connectivity index is 1.79. The minimum Gasteiger partial charge on any atom is -0.497 e. The molecule has 1 amide bonds. The van der Waals surface area contributed by atoms with Crippen molar-refractivity contribution in [2.75, 3.05) is 7.11 Å². The zero-order valence-electron chi connectivity index (χ0n) is 12.6. The molecule has 4 nitrogen and oxygen atoms in total. The first-order valence-corrected chi connectivity index (χ1v) is 7.17. The summed E-state index contributed by atoms with van der Waals surface area (Å²) in [5, 5.41) is 4.12. The Morgan fingerprint density at radius 1 is 1.18 bits per heavy atom. The lowest BCUT2D eigenvalue weighted by molar-refractivity contribution is 0.0950. The number of fused-ring (bicyclic) bond motifs is 1. The Morgan fingerprint density at radius 3 is 2.82 bits per heavy atom. The monoisotopic (exact) mass is 294 g/mol. The van der Waals surface area contributed by atoms with Gasteiger partial charge in [0.25, 0.3) is 5.91 Å². The summed E-state index contributed by atoms with van der Waals surface area (Å²) in [6.07, 6.45) is 0. The quantitative estimate of drug-likeness (QED) is 0.774. The third-order valence-electron chi connectivity index (χ3n) is 3.78. The van der Waals surface area contributed by atoms with E-state index in [1.165, 1.54) is 0 Å². The molecule has 0 unspecified atom stereocenters. The molecule has 1 aromatic heterocycles. The van der Waals surface area contributed by atoms with E-state index in [2.05, 4.69) is 16.4 Å². The van der Waals surface area contributed by atoms with Gasteiger partial charge in [0.1, 0.15) is 5.75 Å². The fourth-order valence-corrected chi connectivity index (χ4v) is 2.60. The van der Waals surface area contributed by atoms with Crippen molar-refractivity contribution in [1.82, 2.24) is 10.3 Å². The topological polar surface area (TPSA) is 54.1 Å². The number of benzene rings is 2. The van der Waals surface area contributed by atoms with Crippen LogP contribution in [0.25, 0.3) is 10.9 Å². The lowest BCUT2D eigenvalue weighted by Gasteiger charge is -2.07. The highest BCUT2D eigenvalue weighted by Crippen LogP contribution is 2.21. The number of amides is 1. The van der Waals surface area contributed by atoms with Crippen LogP contribution in [0.5, 0.6) is 5.75 Å². The maximum Gasteiger partial charge on any atom is 0.251 e. The minimum absolute atomic E-state index is 0.108. The number of hydrogen-bond acceptors (Lipinski definition) is 2. The van der Waals surface area contributed by atoms with Crippen molar-refractivity contribution in [3.05, 3.63) is 65.4 Å². The second-order valence-corrected chi connectivity index (χ2v) is 5.19. The Morgan fingerprint density at radius 2 is 2.00 bits per heavy atom. The molecule has 3 rings (SSSR count). The molecule has 0 fully saturated rings. The summed E-state index contributed by atoms with van der Waals surface area (Å²) in [4.78, 5) is 15.6. The smallest absolute Gasteiger partial charge is 0.251 e. The van der Waals surface area contributed by atoms with E-state index < -0.39 is 0 Å². The van der Waals surface area contributed by atoms with Crippen LogP contribution in [0, 0.1) is 6.92 Å². The van der Waals surface area contributed by atoms with E-state index in [-0.39, 0.29) is 5.91 Å². The number of rotatable bonds is 4. The zero-order chi connectivity index (χ0) is 15.5. The molecule has 112 valence electrons. The average molecular weight is 294 g/mol. The van der Waals surface area contributed by atoms with Crippen LogP contribution in [0.2, 0.25) is 0 Å². The van der Waals surface area contributed by atoms with E-state index in [1.54, 1.807) is 19.2 Å². The highest BCUT2D eigenvalue weighted by molar-refractivity contribution is 5.95. The number of carbonyl (C=O) groups excluding carboxylic acids is 1. The molecular weight excluding hydrogens is 276 g/mol. The fourth-order valence-electron chi connectivity index (χ4n) is 2.60.